The number of nitrogens with one attached hydrogen (secondary N) is 2. The number of morpholine rings is 1. The third-order valence-corrected chi connectivity index (χ3v) is 5.90. The van der Waals surface area contributed by atoms with E-state index in [1.54, 1.807) is 12.1 Å². The molecule has 7 nitrogen and oxygen atoms in total. The van der Waals surface area contributed by atoms with Gasteiger partial charge in [-0.25, -0.2) is 0 Å². The molecule has 2 amide bonds. The van der Waals surface area contributed by atoms with E-state index in [1.165, 1.54) is 0 Å². The maximum atomic E-state index is 13.2. The van der Waals surface area contributed by atoms with Crippen LogP contribution in [0.2, 0.25) is 0 Å². The SMILES string of the molecule is CC1COCC(C)N1c1ccc(C(=O)NCCN)cc1NC(=O)c1ccc(C(C)(C)C)cc1. The molecular formula is C26H36N4O3. The summed E-state index contributed by atoms with van der Waals surface area (Å²) in [6, 6.07) is 13.3. The highest BCUT2D eigenvalue weighted by Crippen LogP contribution is 2.33. The van der Waals surface area contributed by atoms with Gasteiger partial charge in [0, 0.05) is 36.3 Å². The van der Waals surface area contributed by atoms with Gasteiger partial charge in [0.2, 0.25) is 0 Å². The van der Waals surface area contributed by atoms with Crippen molar-refractivity contribution in [1.29, 1.82) is 0 Å². The van der Waals surface area contributed by atoms with Crippen LogP contribution < -0.4 is 21.3 Å². The number of ether oxygens (including phenoxy) is 1. The zero-order chi connectivity index (χ0) is 24.2. The molecule has 33 heavy (non-hydrogen) atoms. The Balaban J connectivity index is 1.94. The molecule has 0 aromatic heterocycles. The summed E-state index contributed by atoms with van der Waals surface area (Å²) in [6.45, 7) is 12.6. The topological polar surface area (TPSA) is 96.7 Å². The molecule has 2 aromatic carbocycles. The Morgan fingerprint density at radius 1 is 1.00 bits per heavy atom. The van der Waals surface area contributed by atoms with Crippen molar-refractivity contribution in [3.05, 3.63) is 59.2 Å². The Hall–Kier alpha value is -2.90. The highest BCUT2D eigenvalue weighted by molar-refractivity contribution is 6.07. The van der Waals surface area contributed by atoms with E-state index in [2.05, 4.69) is 50.2 Å². The van der Waals surface area contributed by atoms with E-state index in [0.717, 1.165) is 11.3 Å². The van der Waals surface area contributed by atoms with Gasteiger partial charge in [-0.2, -0.15) is 0 Å². The van der Waals surface area contributed by atoms with Gasteiger partial charge in [-0.05, 0) is 55.2 Å². The van der Waals surface area contributed by atoms with Gasteiger partial charge < -0.3 is 26.0 Å². The van der Waals surface area contributed by atoms with E-state index in [0.29, 0.717) is 43.1 Å². The summed E-state index contributed by atoms with van der Waals surface area (Å²) in [5.41, 5.74) is 9.19. The molecule has 2 atom stereocenters. The zero-order valence-electron chi connectivity index (χ0n) is 20.3. The number of amides is 2. The smallest absolute Gasteiger partial charge is 0.255 e. The molecule has 2 aromatic rings. The highest BCUT2D eigenvalue weighted by atomic mass is 16.5. The minimum atomic E-state index is -0.222. The maximum Gasteiger partial charge on any atom is 0.255 e. The fourth-order valence-corrected chi connectivity index (χ4v) is 4.09. The third-order valence-electron chi connectivity index (χ3n) is 5.90. The zero-order valence-corrected chi connectivity index (χ0v) is 20.3. The Morgan fingerprint density at radius 3 is 2.18 bits per heavy atom. The van der Waals surface area contributed by atoms with Gasteiger partial charge >= 0.3 is 0 Å². The minimum absolute atomic E-state index is 0.00993. The van der Waals surface area contributed by atoms with Gasteiger partial charge in [0.05, 0.1) is 24.6 Å². The normalized spacial score (nSPS) is 18.7. The lowest BCUT2D eigenvalue weighted by atomic mass is 9.86. The second-order valence-electron chi connectivity index (χ2n) is 9.70. The van der Waals surface area contributed by atoms with Gasteiger partial charge in [0.25, 0.3) is 11.8 Å². The van der Waals surface area contributed by atoms with E-state index < -0.39 is 0 Å². The number of hydrogen-bond donors (Lipinski definition) is 3. The van der Waals surface area contributed by atoms with Gasteiger partial charge in [-0.1, -0.05) is 32.9 Å². The predicted octanol–water partition coefficient (Wildman–Crippen LogP) is 3.54. The Kier molecular flexibility index (Phi) is 7.76. The Morgan fingerprint density at radius 2 is 1.61 bits per heavy atom. The van der Waals surface area contributed by atoms with Crippen LogP contribution >= 0.6 is 0 Å². The molecule has 0 radical (unpaired) electrons. The molecule has 2 unspecified atom stereocenters. The van der Waals surface area contributed by atoms with Crippen LogP contribution in [0.5, 0.6) is 0 Å². The number of nitrogens with zero attached hydrogens (tertiary/aromatic N) is 1. The second kappa shape index (κ2) is 10.4. The summed E-state index contributed by atoms with van der Waals surface area (Å²) in [6.07, 6.45) is 0. The maximum absolute atomic E-state index is 13.2. The average molecular weight is 453 g/mol. The van der Waals surface area contributed by atoms with Crippen molar-refractivity contribution in [2.75, 3.05) is 36.5 Å². The van der Waals surface area contributed by atoms with E-state index in [1.807, 2.05) is 30.3 Å². The molecule has 178 valence electrons. The highest BCUT2D eigenvalue weighted by Gasteiger charge is 2.28. The molecular weight excluding hydrogens is 416 g/mol. The summed E-state index contributed by atoms with van der Waals surface area (Å²) >= 11 is 0. The monoisotopic (exact) mass is 452 g/mol. The molecule has 1 aliphatic heterocycles. The third kappa shape index (κ3) is 5.92. The van der Waals surface area contributed by atoms with Crippen molar-refractivity contribution >= 4 is 23.2 Å². The molecule has 0 bridgehead atoms. The van der Waals surface area contributed by atoms with Crippen LogP contribution in [0.3, 0.4) is 0 Å². The van der Waals surface area contributed by atoms with Crippen molar-refractivity contribution < 1.29 is 14.3 Å². The number of nitrogens with two attached hydrogens (primary N) is 1. The van der Waals surface area contributed by atoms with Gasteiger partial charge in [-0.3, -0.25) is 9.59 Å². The molecule has 7 heteroatoms. The first-order valence-corrected chi connectivity index (χ1v) is 11.5. The average Bonchev–Trinajstić information content (AvgIpc) is 2.77. The van der Waals surface area contributed by atoms with Crippen molar-refractivity contribution in [2.45, 2.75) is 52.1 Å². The number of hydrogen-bond acceptors (Lipinski definition) is 5. The summed E-state index contributed by atoms with van der Waals surface area (Å²) < 4.78 is 5.68. The quantitative estimate of drug-likeness (QED) is 0.623. The number of carbonyl (C=O) groups is 2. The summed E-state index contributed by atoms with van der Waals surface area (Å²) in [7, 11) is 0. The molecule has 1 aliphatic rings. The van der Waals surface area contributed by atoms with Crippen LogP contribution in [0.4, 0.5) is 11.4 Å². The molecule has 1 saturated heterocycles. The fraction of sp³-hybridized carbons (Fsp3) is 0.462. The molecule has 0 saturated carbocycles. The van der Waals surface area contributed by atoms with Gasteiger partial charge in [0.1, 0.15) is 0 Å². The van der Waals surface area contributed by atoms with Crippen LogP contribution in [-0.4, -0.2) is 50.2 Å². The lowest BCUT2D eigenvalue weighted by molar-refractivity contribution is 0.0757. The first-order valence-electron chi connectivity index (χ1n) is 11.5. The number of benzene rings is 2. The van der Waals surface area contributed by atoms with Crippen LogP contribution in [0.1, 0.15) is 60.9 Å². The van der Waals surface area contributed by atoms with Crippen molar-refractivity contribution in [3.63, 3.8) is 0 Å². The van der Waals surface area contributed by atoms with Crippen molar-refractivity contribution in [3.8, 4) is 0 Å². The van der Waals surface area contributed by atoms with E-state index >= 15 is 0 Å². The van der Waals surface area contributed by atoms with Crippen LogP contribution in [0, 0.1) is 0 Å². The fourth-order valence-electron chi connectivity index (χ4n) is 4.09. The number of carbonyl (C=O) groups excluding carboxylic acids is 2. The summed E-state index contributed by atoms with van der Waals surface area (Å²) in [4.78, 5) is 27.9. The molecule has 3 rings (SSSR count). The lowest BCUT2D eigenvalue weighted by Crippen LogP contribution is -2.50. The molecule has 0 aliphatic carbocycles. The predicted molar refractivity (Wildman–Crippen MR) is 133 cm³/mol. The summed E-state index contributed by atoms with van der Waals surface area (Å²) in [5, 5.41) is 5.84. The summed E-state index contributed by atoms with van der Waals surface area (Å²) in [5.74, 6) is -0.440. The number of rotatable bonds is 6. The molecule has 0 spiro atoms. The van der Waals surface area contributed by atoms with Crippen molar-refractivity contribution in [2.24, 2.45) is 5.73 Å². The molecule has 1 fully saturated rings. The Labute approximate surface area is 196 Å². The van der Waals surface area contributed by atoms with Gasteiger partial charge in [0.15, 0.2) is 0 Å². The van der Waals surface area contributed by atoms with E-state index in [-0.39, 0.29) is 29.3 Å². The first-order chi connectivity index (χ1) is 15.6. The van der Waals surface area contributed by atoms with Crippen molar-refractivity contribution in [1.82, 2.24) is 5.32 Å². The number of anilines is 2. The molecule has 4 N–H and O–H groups in total. The first kappa shape index (κ1) is 24.7. The lowest BCUT2D eigenvalue weighted by Gasteiger charge is -2.41. The van der Waals surface area contributed by atoms with E-state index in [9.17, 15) is 9.59 Å². The standard InChI is InChI=1S/C26H36N4O3/c1-17-15-33-16-18(2)30(17)23-11-8-20(24(31)28-13-12-27)14-22(23)29-25(32)19-6-9-21(10-7-19)26(3,4)5/h6-11,14,17-18H,12-13,15-16,27H2,1-5H3,(H,28,31)(H,29,32). The van der Waals surface area contributed by atoms with Crippen LogP contribution in [0.25, 0.3) is 0 Å². The molecule has 1 heterocycles. The van der Waals surface area contributed by atoms with Gasteiger partial charge in [-0.15, -0.1) is 0 Å². The van der Waals surface area contributed by atoms with E-state index in [4.69, 9.17) is 10.5 Å². The van der Waals surface area contributed by atoms with Crippen LogP contribution in [-0.2, 0) is 10.2 Å². The van der Waals surface area contributed by atoms with Crippen LogP contribution in [0.15, 0.2) is 42.5 Å². The Bertz CT molecular complexity index is 972. The second-order valence-corrected chi connectivity index (χ2v) is 9.70. The largest absolute Gasteiger partial charge is 0.377 e. The minimum Gasteiger partial charge on any atom is -0.377 e.